The van der Waals surface area contributed by atoms with E-state index in [-0.39, 0.29) is 6.61 Å². The van der Waals surface area contributed by atoms with E-state index in [1.165, 1.54) is 0 Å². The zero-order valence-corrected chi connectivity index (χ0v) is 15.5. The van der Waals surface area contributed by atoms with Gasteiger partial charge in [0.15, 0.2) is 18.1 Å². The van der Waals surface area contributed by atoms with Crippen molar-refractivity contribution in [2.45, 2.75) is 25.8 Å². The lowest BCUT2D eigenvalue weighted by atomic mass is 10.2. The fourth-order valence-electron chi connectivity index (χ4n) is 2.64. The third-order valence-corrected chi connectivity index (χ3v) is 5.05. The minimum Gasteiger partial charge on any atom is -0.490 e. The highest BCUT2D eigenvalue weighted by Crippen LogP contribution is 2.26. The smallest absolute Gasteiger partial charge is 0.276 e. The normalized spacial score (nSPS) is 17.5. The van der Waals surface area contributed by atoms with Gasteiger partial charge in [0.05, 0.1) is 12.9 Å². The number of amides is 2. The molecule has 1 atom stereocenters. The Hall–Kier alpha value is -2.33. The molecule has 0 spiro atoms. The van der Waals surface area contributed by atoms with Crippen LogP contribution in [0.25, 0.3) is 0 Å². The van der Waals surface area contributed by atoms with Crippen molar-refractivity contribution in [1.29, 1.82) is 0 Å². The first kappa shape index (κ1) is 20.0. The van der Waals surface area contributed by atoms with E-state index in [1.54, 1.807) is 24.3 Å². The second-order valence-corrected chi connectivity index (χ2v) is 7.67. The average Bonchev–Trinajstić information content (AvgIpc) is 3.09. The number of para-hydroxylation sites is 2. The van der Waals surface area contributed by atoms with Crippen molar-refractivity contribution in [1.82, 2.24) is 15.2 Å². The van der Waals surface area contributed by atoms with Gasteiger partial charge in [0.1, 0.15) is 6.04 Å². The molecule has 10 heteroatoms. The monoisotopic (exact) mass is 385 g/mol. The Labute approximate surface area is 152 Å². The first-order chi connectivity index (χ1) is 12.3. The quantitative estimate of drug-likeness (QED) is 0.641. The summed E-state index contributed by atoms with van der Waals surface area (Å²) in [6.07, 6.45) is 2.06. The summed E-state index contributed by atoms with van der Waals surface area (Å²) >= 11 is 0. The van der Waals surface area contributed by atoms with Gasteiger partial charge in [0.25, 0.3) is 11.8 Å². The molecule has 1 heterocycles. The number of carbonyl (C=O) groups is 2. The van der Waals surface area contributed by atoms with E-state index in [9.17, 15) is 18.0 Å². The first-order valence-corrected chi connectivity index (χ1v) is 10.1. The SMILES string of the molecule is CCOc1ccccc1OCC(=O)NNC(=O)C1CCCN1S(C)(=O)=O. The summed E-state index contributed by atoms with van der Waals surface area (Å²) in [4.78, 5) is 24.0. The maximum Gasteiger partial charge on any atom is 0.276 e. The van der Waals surface area contributed by atoms with E-state index in [0.717, 1.165) is 10.6 Å². The molecule has 1 aromatic carbocycles. The molecule has 0 bridgehead atoms. The molecule has 1 aromatic rings. The van der Waals surface area contributed by atoms with Gasteiger partial charge in [-0.15, -0.1) is 0 Å². The summed E-state index contributed by atoms with van der Waals surface area (Å²) < 4.78 is 35.2. The van der Waals surface area contributed by atoms with E-state index in [0.29, 0.717) is 37.5 Å². The molecule has 1 saturated heterocycles. The van der Waals surface area contributed by atoms with Crippen LogP contribution < -0.4 is 20.3 Å². The number of hydrogen-bond donors (Lipinski definition) is 2. The van der Waals surface area contributed by atoms with Crippen LogP contribution in [0, 0.1) is 0 Å². The lowest BCUT2D eigenvalue weighted by Crippen LogP contribution is -2.52. The topological polar surface area (TPSA) is 114 Å². The number of nitrogens with one attached hydrogen (secondary N) is 2. The van der Waals surface area contributed by atoms with E-state index >= 15 is 0 Å². The molecule has 0 aliphatic carbocycles. The van der Waals surface area contributed by atoms with Gasteiger partial charge >= 0.3 is 0 Å². The Bertz CT molecular complexity index is 752. The fourth-order valence-corrected chi connectivity index (χ4v) is 3.76. The number of rotatable bonds is 7. The van der Waals surface area contributed by atoms with Crippen LogP contribution in [-0.2, 0) is 19.6 Å². The number of carbonyl (C=O) groups excluding carboxylic acids is 2. The highest BCUT2D eigenvalue weighted by Gasteiger charge is 2.36. The van der Waals surface area contributed by atoms with Crippen LogP contribution in [0.1, 0.15) is 19.8 Å². The molecule has 144 valence electrons. The van der Waals surface area contributed by atoms with E-state index in [2.05, 4.69) is 10.9 Å². The molecular formula is C16H23N3O6S. The molecule has 2 N–H and O–H groups in total. The summed E-state index contributed by atoms with van der Waals surface area (Å²) in [5.74, 6) is -0.221. The highest BCUT2D eigenvalue weighted by atomic mass is 32.2. The lowest BCUT2D eigenvalue weighted by molar-refractivity contribution is -0.131. The summed E-state index contributed by atoms with van der Waals surface area (Å²) in [5.41, 5.74) is 4.47. The van der Waals surface area contributed by atoms with Crippen LogP contribution in [-0.4, -0.2) is 56.6 Å². The summed E-state index contributed by atoms with van der Waals surface area (Å²) in [7, 11) is -3.47. The summed E-state index contributed by atoms with van der Waals surface area (Å²) in [6.45, 7) is 2.26. The second-order valence-electron chi connectivity index (χ2n) is 5.74. The molecule has 0 aromatic heterocycles. The Balaban J connectivity index is 1.83. The minimum atomic E-state index is -3.47. The molecule has 1 unspecified atom stereocenters. The molecule has 2 amide bonds. The molecule has 1 fully saturated rings. The zero-order valence-electron chi connectivity index (χ0n) is 14.7. The third-order valence-electron chi connectivity index (χ3n) is 3.77. The maximum atomic E-state index is 12.1. The maximum absolute atomic E-state index is 12.1. The van der Waals surface area contributed by atoms with Gasteiger partial charge in [-0.25, -0.2) is 8.42 Å². The van der Waals surface area contributed by atoms with Crippen LogP contribution in [0.5, 0.6) is 11.5 Å². The van der Waals surface area contributed by atoms with E-state index < -0.39 is 27.9 Å². The fraction of sp³-hybridized carbons (Fsp3) is 0.500. The molecule has 26 heavy (non-hydrogen) atoms. The van der Waals surface area contributed by atoms with Gasteiger partial charge < -0.3 is 9.47 Å². The third kappa shape index (κ3) is 5.33. The van der Waals surface area contributed by atoms with Gasteiger partial charge in [0.2, 0.25) is 10.0 Å². The van der Waals surface area contributed by atoms with E-state index in [1.807, 2.05) is 6.92 Å². The van der Waals surface area contributed by atoms with Crippen LogP contribution in [0.2, 0.25) is 0 Å². The number of nitrogens with zero attached hydrogens (tertiary/aromatic N) is 1. The molecule has 0 radical (unpaired) electrons. The van der Waals surface area contributed by atoms with Crippen molar-refractivity contribution < 1.29 is 27.5 Å². The molecule has 1 aliphatic rings. The number of hydrogen-bond acceptors (Lipinski definition) is 6. The van der Waals surface area contributed by atoms with E-state index in [4.69, 9.17) is 9.47 Å². The average molecular weight is 385 g/mol. The Morgan fingerprint density at radius 2 is 1.85 bits per heavy atom. The van der Waals surface area contributed by atoms with Gasteiger partial charge in [-0.2, -0.15) is 4.31 Å². The minimum absolute atomic E-state index is 0.294. The van der Waals surface area contributed by atoms with Crippen molar-refractivity contribution >= 4 is 21.8 Å². The zero-order chi connectivity index (χ0) is 19.2. The van der Waals surface area contributed by atoms with Crippen molar-refractivity contribution in [3.05, 3.63) is 24.3 Å². The Kier molecular flexibility index (Phi) is 6.81. The largest absolute Gasteiger partial charge is 0.490 e. The predicted octanol–water partition coefficient (Wildman–Crippen LogP) is 0.0355. The number of benzene rings is 1. The van der Waals surface area contributed by atoms with Gasteiger partial charge in [-0.3, -0.25) is 20.4 Å². The molecular weight excluding hydrogens is 362 g/mol. The first-order valence-electron chi connectivity index (χ1n) is 8.23. The highest BCUT2D eigenvalue weighted by molar-refractivity contribution is 7.88. The van der Waals surface area contributed by atoms with Crippen LogP contribution in [0.15, 0.2) is 24.3 Å². The van der Waals surface area contributed by atoms with Crippen molar-refractivity contribution in [3.8, 4) is 11.5 Å². The van der Waals surface area contributed by atoms with Gasteiger partial charge in [0, 0.05) is 6.54 Å². The van der Waals surface area contributed by atoms with Crippen molar-refractivity contribution in [3.63, 3.8) is 0 Å². The lowest BCUT2D eigenvalue weighted by Gasteiger charge is -2.21. The van der Waals surface area contributed by atoms with Crippen LogP contribution >= 0.6 is 0 Å². The Morgan fingerprint density at radius 1 is 1.19 bits per heavy atom. The molecule has 0 saturated carbocycles. The Morgan fingerprint density at radius 3 is 2.46 bits per heavy atom. The molecule has 9 nitrogen and oxygen atoms in total. The van der Waals surface area contributed by atoms with Gasteiger partial charge in [-0.1, -0.05) is 12.1 Å². The number of hydrazine groups is 1. The second kappa shape index (κ2) is 8.86. The van der Waals surface area contributed by atoms with Crippen molar-refractivity contribution in [2.24, 2.45) is 0 Å². The molecule has 2 rings (SSSR count). The summed E-state index contributed by atoms with van der Waals surface area (Å²) in [6, 6.07) is 6.10. The molecule has 1 aliphatic heterocycles. The van der Waals surface area contributed by atoms with Crippen LogP contribution in [0.4, 0.5) is 0 Å². The van der Waals surface area contributed by atoms with Crippen molar-refractivity contribution in [2.75, 3.05) is 26.0 Å². The number of sulfonamides is 1. The van der Waals surface area contributed by atoms with Crippen LogP contribution in [0.3, 0.4) is 0 Å². The summed E-state index contributed by atoms with van der Waals surface area (Å²) in [5, 5.41) is 0. The standard InChI is InChI=1S/C16H23N3O6S/c1-3-24-13-8-4-5-9-14(13)25-11-15(20)17-18-16(21)12-7-6-10-19(12)26(2,22)23/h4-5,8-9,12H,3,6-7,10-11H2,1-2H3,(H,17,20)(H,18,21). The van der Waals surface area contributed by atoms with Gasteiger partial charge in [-0.05, 0) is 31.9 Å². The number of ether oxygens (including phenoxy) is 2. The predicted molar refractivity (Wildman–Crippen MR) is 94.0 cm³/mol.